The number of hydrogen-bond acceptors (Lipinski definition) is 4. The molecule has 5 nitrogen and oxygen atoms in total. The van der Waals surface area contributed by atoms with E-state index >= 15 is 0 Å². The third-order valence-corrected chi connectivity index (χ3v) is 4.25. The summed E-state index contributed by atoms with van der Waals surface area (Å²) in [6.07, 6.45) is 3.97. The fraction of sp³-hybridized carbons (Fsp3) is 0.611. The Kier molecular flexibility index (Phi) is 7.20. The van der Waals surface area contributed by atoms with Crippen molar-refractivity contribution in [2.45, 2.75) is 32.1 Å². The summed E-state index contributed by atoms with van der Waals surface area (Å²) in [4.78, 5) is 15.2. The van der Waals surface area contributed by atoms with Gasteiger partial charge in [0.1, 0.15) is 5.75 Å². The second kappa shape index (κ2) is 9.40. The molecule has 1 saturated heterocycles. The highest BCUT2D eigenvalue weighted by Crippen LogP contribution is 2.28. The predicted molar refractivity (Wildman–Crippen MR) is 92.4 cm³/mol. The van der Waals surface area contributed by atoms with E-state index in [4.69, 9.17) is 9.84 Å². The minimum Gasteiger partial charge on any atom is -0.491 e. The zero-order valence-corrected chi connectivity index (χ0v) is 14.0. The molecule has 1 aromatic carbocycles. The molecule has 5 heteroatoms. The second-order valence-electron chi connectivity index (χ2n) is 6.16. The lowest BCUT2D eigenvalue weighted by molar-refractivity contribution is -0.137. The van der Waals surface area contributed by atoms with E-state index in [2.05, 4.69) is 29.0 Å². The number of carboxylic acid groups (broad SMARTS) is 1. The predicted octanol–water partition coefficient (Wildman–Crippen LogP) is 2.85. The molecular formula is C18H28N2O3. The third-order valence-electron chi connectivity index (χ3n) is 4.25. The molecule has 0 atom stereocenters. The van der Waals surface area contributed by atoms with Crippen LogP contribution in [0.4, 0.5) is 5.69 Å². The molecule has 0 bridgehead atoms. The highest BCUT2D eigenvalue weighted by atomic mass is 16.5. The molecule has 128 valence electrons. The Labute approximate surface area is 138 Å². The van der Waals surface area contributed by atoms with E-state index in [1.165, 1.54) is 5.69 Å². The maximum atomic E-state index is 10.4. The standard InChI is InChI=1S/C18H28N2O3/c1-19-11-13-20(14-12-19)16-8-5-6-9-17(16)23-15-7-3-2-4-10-18(21)22/h5-6,8-9H,2-4,7,10-15H2,1H3,(H,21,22). The number of piperazine rings is 1. The Balaban J connectivity index is 1.74. The first-order valence-electron chi connectivity index (χ1n) is 8.54. The van der Waals surface area contributed by atoms with Crippen LogP contribution in [0.3, 0.4) is 0 Å². The van der Waals surface area contributed by atoms with Crippen molar-refractivity contribution in [2.75, 3.05) is 44.7 Å². The highest BCUT2D eigenvalue weighted by Gasteiger charge is 2.17. The van der Waals surface area contributed by atoms with Crippen LogP contribution in [0, 0.1) is 0 Å². The molecule has 0 amide bonds. The van der Waals surface area contributed by atoms with E-state index in [-0.39, 0.29) is 6.42 Å². The van der Waals surface area contributed by atoms with Crippen molar-refractivity contribution >= 4 is 11.7 Å². The van der Waals surface area contributed by atoms with E-state index in [0.29, 0.717) is 6.61 Å². The van der Waals surface area contributed by atoms with E-state index in [9.17, 15) is 4.79 Å². The molecular weight excluding hydrogens is 292 g/mol. The van der Waals surface area contributed by atoms with Gasteiger partial charge in [-0.15, -0.1) is 0 Å². The van der Waals surface area contributed by atoms with Crippen LogP contribution in [0.1, 0.15) is 32.1 Å². The maximum absolute atomic E-state index is 10.4. The summed E-state index contributed by atoms with van der Waals surface area (Å²) < 4.78 is 5.97. The quantitative estimate of drug-likeness (QED) is 0.709. The first-order chi connectivity index (χ1) is 11.2. The minimum absolute atomic E-state index is 0.271. The van der Waals surface area contributed by atoms with Gasteiger partial charge in [-0.2, -0.15) is 0 Å². The van der Waals surface area contributed by atoms with Crippen LogP contribution in [-0.4, -0.2) is 55.8 Å². The van der Waals surface area contributed by atoms with Gasteiger partial charge in [-0.1, -0.05) is 25.0 Å². The highest BCUT2D eigenvalue weighted by molar-refractivity contribution is 5.66. The van der Waals surface area contributed by atoms with E-state index < -0.39 is 5.97 Å². The number of carbonyl (C=O) groups is 1. The zero-order valence-electron chi connectivity index (χ0n) is 14.0. The van der Waals surface area contributed by atoms with Gasteiger partial charge in [-0.3, -0.25) is 4.79 Å². The molecule has 0 saturated carbocycles. The first kappa shape index (κ1) is 17.6. The van der Waals surface area contributed by atoms with Crippen LogP contribution in [0.15, 0.2) is 24.3 Å². The molecule has 0 unspecified atom stereocenters. The second-order valence-corrected chi connectivity index (χ2v) is 6.16. The van der Waals surface area contributed by atoms with Crippen molar-refractivity contribution in [2.24, 2.45) is 0 Å². The fourth-order valence-corrected chi connectivity index (χ4v) is 2.80. The lowest BCUT2D eigenvalue weighted by Gasteiger charge is -2.34. The summed E-state index contributed by atoms with van der Waals surface area (Å²) in [5, 5.41) is 8.60. The van der Waals surface area contributed by atoms with Gasteiger partial charge < -0.3 is 19.6 Å². The third kappa shape index (κ3) is 6.10. The van der Waals surface area contributed by atoms with Crippen molar-refractivity contribution in [3.8, 4) is 5.75 Å². The summed E-state index contributed by atoms with van der Waals surface area (Å²) in [5.74, 6) is 0.255. The van der Waals surface area contributed by atoms with E-state index in [1.807, 2.05) is 12.1 Å². The van der Waals surface area contributed by atoms with Gasteiger partial charge >= 0.3 is 5.97 Å². The number of ether oxygens (including phenoxy) is 1. The van der Waals surface area contributed by atoms with Crippen LogP contribution in [0.25, 0.3) is 0 Å². The fourth-order valence-electron chi connectivity index (χ4n) is 2.80. The van der Waals surface area contributed by atoms with Crippen molar-refractivity contribution in [1.29, 1.82) is 0 Å². The van der Waals surface area contributed by atoms with Gasteiger partial charge in [-0.25, -0.2) is 0 Å². The molecule has 1 heterocycles. The van der Waals surface area contributed by atoms with Crippen molar-refractivity contribution in [1.82, 2.24) is 4.90 Å². The van der Waals surface area contributed by atoms with Gasteiger partial charge in [0.05, 0.1) is 12.3 Å². The first-order valence-corrected chi connectivity index (χ1v) is 8.54. The Morgan fingerprint density at radius 1 is 1.09 bits per heavy atom. The zero-order chi connectivity index (χ0) is 16.5. The molecule has 0 aliphatic carbocycles. The van der Waals surface area contributed by atoms with E-state index in [1.54, 1.807) is 0 Å². The lowest BCUT2D eigenvalue weighted by Crippen LogP contribution is -2.44. The van der Waals surface area contributed by atoms with Gasteiger partial charge in [0.15, 0.2) is 0 Å². The number of aliphatic carboxylic acids is 1. The van der Waals surface area contributed by atoms with Crippen LogP contribution in [0.2, 0.25) is 0 Å². The molecule has 0 spiro atoms. The number of benzene rings is 1. The topological polar surface area (TPSA) is 53.0 Å². The van der Waals surface area contributed by atoms with Crippen molar-refractivity contribution < 1.29 is 14.6 Å². The van der Waals surface area contributed by atoms with Crippen LogP contribution >= 0.6 is 0 Å². The molecule has 1 aliphatic rings. The molecule has 2 rings (SSSR count). The van der Waals surface area contributed by atoms with Gasteiger partial charge in [0, 0.05) is 32.6 Å². The number of anilines is 1. The van der Waals surface area contributed by atoms with Crippen molar-refractivity contribution in [3.05, 3.63) is 24.3 Å². The monoisotopic (exact) mass is 320 g/mol. The molecule has 1 fully saturated rings. The van der Waals surface area contributed by atoms with Crippen LogP contribution < -0.4 is 9.64 Å². The van der Waals surface area contributed by atoms with E-state index in [0.717, 1.165) is 57.6 Å². The molecule has 0 radical (unpaired) electrons. The summed E-state index contributed by atoms with van der Waals surface area (Å²) in [5.41, 5.74) is 1.19. The summed E-state index contributed by atoms with van der Waals surface area (Å²) >= 11 is 0. The SMILES string of the molecule is CN1CCN(c2ccccc2OCCCCCCC(=O)O)CC1. The molecule has 23 heavy (non-hydrogen) atoms. The van der Waals surface area contributed by atoms with Gasteiger partial charge in [0.2, 0.25) is 0 Å². The average molecular weight is 320 g/mol. The number of carboxylic acids is 1. The minimum atomic E-state index is -0.706. The van der Waals surface area contributed by atoms with Crippen molar-refractivity contribution in [3.63, 3.8) is 0 Å². The van der Waals surface area contributed by atoms with Gasteiger partial charge in [0.25, 0.3) is 0 Å². The van der Waals surface area contributed by atoms with Crippen LogP contribution in [0.5, 0.6) is 5.75 Å². The normalized spacial score (nSPS) is 15.6. The Morgan fingerprint density at radius 3 is 2.52 bits per heavy atom. The molecule has 0 aromatic heterocycles. The number of nitrogens with zero attached hydrogens (tertiary/aromatic N) is 2. The number of hydrogen-bond donors (Lipinski definition) is 1. The Bertz CT molecular complexity index is 485. The summed E-state index contributed by atoms with van der Waals surface area (Å²) in [6, 6.07) is 8.25. The number of rotatable bonds is 9. The smallest absolute Gasteiger partial charge is 0.303 e. The molecule has 1 aromatic rings. The summed E-state index contributed by atoms with van der Waals surface area (Å²) in [7, 11) is 2.16. The summed E-state index contributed by atoms with van der Waals surface area (Å²) in [6.45, 7) is 4.92. The van der Waals surface area contributed by atoms with Gasteiger partial charge in [-0.05, 0) is 32.0 Å². The number of para-hydroxylation sites is 2. The maximum Gasteiger partial charge on any atom is 0.303 e. The lowest BCUT2D eigenvalue weighted by atomic mass is 10.1. The average Bonchev–Trinajstić information content (AvgIpc) is 2.55. The van der Waals surface area contributed by atoms with Crippen LogP contribution in [-0.2, 0) is 4.79 Å². The molecule has 1 aliphatic heterocycles. The molecule has 1 N–H and O–H groups in total. The Hall–Kier alpha value is -1.75. The number of likely N-dealkylation sites (N-methyl/N-ethyl adjacent to an activating group) is 1. The largest absolute Gasteiger partial charge is 0.491 e. The Morgan fingerprint density at radius 2 is 1.78 bits per heavy atom. The number of unbranched alkanes of at least 4 members (excludes halogenated alkanes) is 3.